The molecule has 2 heterocycles. The van der Waals surface area contributed by atoms with E-state index in [0.29, 0.717) is 5.56 Å². The molecule has 0 amide bonds. The Morgan fingerprint density at radius 2 is 2.06 bits per heavy atom. The molecule has 1 aromatic heterocycles. The van der Waals surface area contributed by atoms with Crippen LogP contribution in [0.25, 0.3) is 0 Å². The van der Waals surface area contributed by atoms with E-state index in [0.717, 1.165) is 36.6 Å². The molecule has 4 heteroatoms. The summed E-state index contributed by atoms with van der Waals surface area (Å²) in [5.74, 6) is 3.09. The number of piperidine rings is 1. The second-order valence-electron chi connectivity index (χ2n) is 5.33. The summed E-state index contributed by atoms with van der Waals surface area (Å²) in [7, 11) is 0. The second kappa shape index (κ2) is 5.34. The third-order valence-corrected chi connectivity index (χ3v) is 3.79. The van der Waals surface area contributed by atoms with Crippen LogP contribution in [0, 0.1) is 30.1 Å². The molecule has 0 unspecified atom stereocenters. The zero-order valence-electron chi connectivity index (χ0n) is 11.3. The highest BCUT2D eigenvalue weighted by atomic mass is 15.2. The molecule has 1 aromatic rings. The third kappa shape index (κ3) is 2.61. The van der Waals surface area contributed by atoms with Gasteiger partial charge in [0.25, 0.3) is 0 Å². The number of nitriles is 1. The van der Waals surface area contributed by atoms with Gasteiger partial charge in [-0.05, 0) is 31.6 Å². The first-order chi connectivity index (χ1) is 8.61. The normalized spacial score (nSPS) is 16.9. The highest BCUT2D eigenvalue weighted by molar-refractivity contribution is 5.53. The average Bonchev–Trinajstić information content (AvgIpc) is 2.39. The van der Waals surface area contributed by atoms with Crippen molar-refractivity contribution in [1.82, 2.24) is 9.97 Å². The van der Waals surface area contributed by atoms with E-state index in [4.69, 9.17) is 5.26 Å². The van der Waals surface area contributed by atoms with Crippen molar-refractivity contribution in [2.24, 2.45) is 11.8 Å². The number of hydrogen-bond acceptors (Lipinski definition) is 4. The standard InChI is InChI=1S/C14H20N4/c1-10(2)12-4-6-18(7-5-12)14-13(8-15)9-16-11(3)17-14/h9-10,12H,4-7H2,1-3H3. The van der Waals surface area contributed by atoms with E-state index in [-0.39, 0.29) is 0 Å². The summed E-state index contributed by atoms with van der Waals surface area (Å²) in [6.07, 6.45) is 4.00. The second-order valence-corrected chi connectivity index (χ2v) is 5.33. The van der Waals surface area contributed by atoms with Crippen molar-refractivity contribution < 1.29 is 0 Å². The Morgan fingerprint density at radius 3 is 2.61 bits per heavy atom. The Balaban J connectivity index is 2.14. The third-order valence-electron chi connectivity index (χ3n) is 3.79. The van der Waals surface area contributed by atoms with Crippen LogP contribution in [-0.4, -0.2) is 23.1 Å². The van der Waals surface area contributed by atoms with E-state index in [9.17, 15) is 0 Å². The van der Waals surface area contributed by atoms with Crippen LogP contribution in [0.15, 0.2) is 6.20 Å². The lowest BCUT2D eigenvalue weighted by atomic mass is 9.86. The van der Waals surface area contributed by atoms with Gasteiger partial charge in [-0.25, -0.2) is 9.97 Å². The highest BCUT2D eigenvalue weighted by Crippen LogP contribution is 2.28. The Morgan fingerprint density at radius 1 is 1.39 bits per heavy atom. The molecule has 1 fully saturated rings. The fourth-order valence-electron chi connectivity index (χ4n) is 2.56. The molecule has 0 N–H and O–H groups in total. The predicted octanol–water partition coefficient (Wildman–Crippen LogP) is 2.53. The fourth-order valence-corrected chi connectivity index (χ4v) is 2.56. The molecule has 0 spiro atoms. The molecule has 0 bridgehead atoms. The van der Waals surface area contributed by atoms with Crippen molar-refractivity contribution in [2.75, 3.05) is 18.0 Å². The predicted molar refractivity (Wildman–Crippen MR) is 71.3 cm³/mol. The molecule has 0 saturated carbocycles. The minimum absolute atomic E-state index is 0.587. The molecule has 1 aliphatic heterocycles. The van der Waals surface area contributed by atoms with Crippen molar-refractivity contribution in [3.8, 4) is 6.07 Å². The summed E-state index contributed by atoms with van der Waals surface area (Å²) >= 11 is 0. The Labute approximate surface area is 109 Å². The topological polar surface area (TPSA) is 52.8 Å². The number of anilines is 1. The van der Waals surface area contributed by atoms with E-state index < -0.39 is 0 Å². The van der Waals surface area contributed by atoms with E-state index in [1.165, 1.54) is 12.8 Å². The van der Waals surface area contributed by atoms with Gasteiger partial charge in [-0.1, -0.05) is 13.8 Å². The molecule has 2 rings (SSSR count). The van der Waals surface area contributed by atoms with E-state index >= 15 is 0 Å². The quantitative estimate of drug-likeness (QED) is 0.802. The number of hydrogen-bond donors (Lipinski definition) is 0. The molecule has 0 atom stereocenters. The molecule has 0 aromatic carbocycles. The first-order valence-corrected chi connectivity index (χ1v) is 6.60. The van der Waals surface area contributed by atoms with E-state index in [2.05, 4.69) is 34.8 Å². The minimum Gasteiger partial charge on any atom is -0.355 e. The Hall–Kier alpha value is -1.63. The lowest BCUT2D eigenvalue weighted by Gasteiger charge is -2.34. The Kier molecular flexibility index (Phi) is 3.81. The molecule has 18 heavy (non-hydrogen) atoms. The molecule has 1 saturated heterocycles. The number of aryl methyl sites for hydroxylation is 1. The summed E-state index contributed by atoms with van der Waals surface area (Å²) in [6, 6.07) is 2.19. The summed E-state index contributed by atoms with van der Waals surface area (Å²) < 4.78 is 0. The van der Waals surface area contributed by atoms with Crippen LogP contribution in [0.4, 0.5) is 5.82 Å². The average molecular weight is 244 g/mol. The van der Waals surface area contributed by atoms with Crippen LogP contribution in [-0.2, 0) is 0 Å². The van der Waals surface area contributed by atoms with Crippen LogP contribution in [0.1, 0.15) is 38.1 Å². The molecular weight excluding hydrogens is 224 g/mol. The molecule has 1 aliphatic rings. The maximum Gasteiger partial charge on any atom is 0.150 e. The van der Waals surface area contributed by atoms with Gasteiger partial charge in [0.05, 0.1) is 6.20 Å². The molecular formula is C14H20N4. The first-order valence-electron chi connectivity index (χ1n) is 6.60. The van der Waals surface area contributed by atoms with Gasteiger partial charge in [0.15, 0.2) is 0 Å². The van der Waals surface area contributed by atoms with Gasteiger partial charge >= 0.3 is 0 Å². The highest BCUT2D eigenvalue weighted by Gasteiger charge is 2.24. The van der Waals surface area contributed by atoms with Gasteiger partial charge < -0.3 is 4.90 Å². The number of aromatic nitrogens is 2. The van der Waals surface area contributed by atoms with Crippen LogP contribution in [0.5, 0.6) is 0 Å². The van der Waals surface area contributed by atoms with E-state index in [1.807, 2.05) is 6.92 Å². The molecule has 0 radical (unpaired) electrons. The maximum absolute atomic E-state index is 9.12. The Bertz CT molecular complexity index is 453. The summed E-state index contributed by atoms with van der Waals surface area (Å²) in [4.78, 5) is 10.7. The maximum atomic E-state index is 9.12. The van der Waals surface area contributed by atoms with Gasteiger partial charge in [0.2, 0.25) is 0 Å². The monoisotopic (exact) mass is 244 g/mol. The van der Waals surface area contributed by atoms with Crippen LogP contribution >= 0.6 is 0 Å². The molecule has 96 valence electrons. The lowest BCUT2D eigenvalue weighted by molar-refractivity contribution is 0.310. The van der Waals surface area contributed by atoms with Crippen LogP contribution in [0.2, 0.25) is 0 Å². The van der Waals surface area contributed by atoms with Crippen molar-refractivity contribution in [3.63, 3.8) is 0 Å². The van der Waals surface area contributed by atoms with Crippen LogP contribution in [0.3, 0.4) is 0 Å². The van der Waals surface area contributed by atoms with Gasteiger partial charge in [0.1, 0.15) is 23.3 Å². The van der Waals surface area contributed by atoms with E-state index in [1.54, 1.807) is 6.20 Å². The lowest BCUT2D eigenvalue weighted by Crippen LogP contribution is -2.36. The zero-order chi connectivity index (χ0) is 13.1. The number of rotatable bonds is 2. The minimum atomic E-state index is 0.587. The summed E-state index contributed by atoms with van der Waals surface area (Å²) in [6.45, 7) is 8.43. The first kappa shape index (κ1) is 12.8. The number of nitrogens with zero attached hydrogens (tertiary/aromatic N) is 4. The van der Waals surface area contributed by atoms with Gasteiger partial charge in [0, 0.05) is 13.1 Å². The van der Waals surface area contributed by atoms with Gasteiger partial charge in [-0.15, -0.1) is 0 Å². The van der Waals surface area contributed by atoms with Crippen molar-refractivity contribution in [1.29, 1.82) is 5.26 Å². The smallest absolute Gasteiger partial charge is 0.150 e. The SMILES string of the molecule is Cc1ncc(C#N)c(N2CCC(C(C)C)CC2)n1. The van der Waals surface area contributed by atoms with Crippen molar-refractivity contribution >= 4 is 5.82 Å². The van der Waals surface area contributed by atoms with Crippen LogP contribution < -0.4 is 4.90 Å². The van der Waals surface area contributed by atoms with Gasteiger partial charge in [-0.2, -0.15) is 5.26 Å². The molecule has 4 nitrogen and oxygen atoms in total. The van der Waals surface area contributed by atoms with Crippen molar-refractivity contribution in [2.45, 2.75) is 33.6 Å². The molecule has 0 aliphatic carbocycles. The fraction of sp³-hybridized carbons (Fsp3) is 0.643. The van der Waals surface area contributed by atoms with Gasteiger partial charge in [-0.3, -0.25) is 0 Å². The summed E-state index contributed by atoms with van der Waals surface area (Å²) in [5.41, 5.74) is 0.587. The van der Waals surface area contributed by atoms with Crippen molar-refractivity contribution in [3.05, 3.63) is 17.6 Å². The largest absolute Gasteiger partial charge is 0.355 e. The summed E-state index contributed by atoms with van der Waals surface area (Å²) in [5, 5.41) is 9.12. The zero-order valence-corrected chi connectivity index (χ0v) is 11.3.